The lowest BCUT2D eigenvalue weighted by molar-refractivity contribution is -0.119. The Hall–Kier alpha value is -2.34. The van der Waals surface area contributed by atoms with Crippen LogP contribution in [0.2, 0.25) is 0 Å². The minimum Gasteiger partial charge on any atom is -0.324 e. The van der Waals surface area contributed by atoms with Gasteiger partial charge in [-0.1, -0.05) is 12.1 Å². The van der Waals surface area contributed by atoms with Crippen LogP contribution < -0.4 is 5.32 Å². The quantitative estimate of drug-likeness (QED) is 0.932. The fraction of sp³-hybridized carbons (Fsp3) is 0.278. The van der Waals surface area contributed by atoms with E-state index in [2.05, 4.69) is 10.3 Å². The molecule has 0 radical (unpaired) electrons. The number of thioether (sulfide) groups is 1. The van der Waals surface area contributed by atoms with Crippen molar-refractivity contribution in [2.24, 2.45) is 0 Å². The average molecular weight is 341 g/mol. The van der Waals surface area contributed by atoms with Crippen molar-refractivity contribution in [3.8, 4) is 0 Å². The predicted octanol–water partition coefficient (Wildman–Crippen LogP) is 2.85. The largest absolute Gasteiger partial charge is 0.324 e. The van der Waals surface area contributed by atoms with Gasteiger partial charge in [0.1, 0.15) is 6.04 Å². The van der Waals surface area contributed by atoms with Gasteiger partial charge in [0.15, 0.2) is 0 Å². The highest BCUT2D eigenvalue weighted by molar-refractivity contribution is 7.99. The number of amides is 2. The summed E-state index contributed by atoms with van der Waals surface area (Å²) in [7, 11) is 0. The molecule has 1 aliphatic rings. The van der Waals surface area contributed by atoms with Gasteiger partial charge < -0.3 is 10.2 Å². The number of pyridine rings is 1. The van der Waals surface area contributed by atoms with Crippen LogP contribution in [-0.2, 0) is 4.79 Å². The zero-order valence-corrected chi connectivity index (χ0v) is 14.5. The summed E-state index contributed by atoms with van der Waals surface area (Å²) in [5.41, 5.74) is 3.52. The number of hydrogen-bond acceptors (Lipinski definition) is 4. The molecular weight excluding hydrogens is 322 g/mol. The Balaban J connectivity index is 1.76. The molecule has 2 aromatic rings. The van der Waals surface area contributed by atoms with Gasteiger partial charge in [-0.25, -0.2) is 0 Å². The monoisotopic (exact) mass is 341 g/mol. The lowest BCUT2D eigenvalue weighted by atomic mass is 10.1. The van der Waals surface area contributed by atoms with Crippen molar-refractivity contribution in [1.29, 1.82) is 0 Å². The molecule has 2 amide bonds. The van der Waals surface area contributed by atoms with E-state index in [1.165, 1.54) is 0 Å². The average Bonchev–Trinajstić information content (AvgIpc) is 3.09. The van der Waals surface area contributed by atoms with E-state index in [1.807, 2.05) is 32.0 Å². The first-order valence-electron chi connectivity index (χ1n) is 7.73. The normalized spacial score (nSPS) is 16.9. The zero-order valence-electron chi connectivity index (χ0n) is 13.7. The van der Waals surface area contributed by atoms with Crippen molar-refractivity contribution in [3.63, 3.8) is 0 Å². The molecular formula is C18H19N3O2S. The fourth-order valence-electron chi connectivity index (χ4n) is 2.62. The molecule has 3 rings (SSSR count). The Morgan fingerprint density at radius 3 is 2.71 bits per heavy atom. The van der Waals surface area contributed by atoms with E-state index in [0.717, 1.165) is 16.8 Å². The lowest BCUT2D eigenvalue weighted by Crippen LogP contribution is -2.44. The number of aryl methyl sites for hydroxylation is 1. The van der Waals surface area contributed by atoms with E-state index in [0.29, 0.717) is 17.2 Å². The van der Waals surface area contributed by atoms with Gasteiger partial charge in [-0.05, 0) is 43.2 Å². The summed E-state index contributed by atoms with van der Waals surface area (Å²) in [4.78, 5) is 30.9. The minimum absolute atomic E-state index is 0.136. The molecule has 1 aromatic carbocycles. The molecule has 0 aliphatic carbocycles. The molecule has 1 fully saturated rings. The molecule has 0 unspecified atom stereocenters. The molecule has 1 saturated heterocycles. The summed E-state index contributed by atoms with van der Waals surface area (Å²) in [6.07, 6.45) is 3.17. The van der Waals surface area contributed by atoms with Gasteiger partial charge in [0.2, 0.25) is 5.91 Å². The van der Waals surface area contributed by atoms with Crippen LogP contribution in [0.3, 0.4) is 0 Å². The second-order valence-electron chi connectivity index (χ2n) is 5.76. The molecule has 1 aliphatic heterocycles. The highest BCUT2D eigenvalue weighted by Crippen LogP contribution is 2.25. The molecule has 5 nitrogen and oxygen atoms in total. The first-order valence-corrected chi connectivity index (χ1v) is 8.89. The van der Waals surface area contributed by atoms with Gasteiger partial charge in [0, 0.05) is 29.4 Å². The first kappa shape index (κ1) is 16.5. The fourth-order valence-corrected chi connectivity index (χ4v) is 3.78. The van der Waals surface area contributed by atoms with E-state index >= 15 is 0 Å². The van der Waals surface area contributed by atoms with E-state index in [1.54, 1.807) is 41.2 Å². The Morgan fingerprint density at radius 2 is 1.96 bits per heavy atom. The Bertz CT molecular complexity index is 764. The van der Waals surface area contributed by atoms with Gasteiger partial charge in [-0.15, -0.1) is 11.8 Å². The SMILES string of the molecule is Cc1cccc(NC(=O)[C@@H]2CSCN2C(=O)c2ccncc2)c1C. The number of rotatable bonds is 3. The van der Waals surface area contributed by atoms with Crippen LogP contribution in [0, 0.1) is 13.8 Å². The van der Waals surface area contributed by atoms with Gasteiger partial charge >= 0.3 is 0 Å². The molecule has 0 bridgehead atoms. The van der Waals surface area contributed by atoms with Crippen LogP contribution >= 0.6 is 11.8 Å². The molecule has 1 atom stereocenters. The van der Waals surface area contributed by atoms with Crippen molar-refractivity contribution in [1.82, 2.24) is 9.88 Å². The Morgan fingerprint density at radius 1 is 1.21 bits per heavy atom. The van der Waals surface area contributed by atoms with Gasteiger partial charge in [-0.3, -0.25) is 14.6 Å². The van der Waals surface area contributed by atoms with Gasteiger partial charge in [-0.2, -0.15) is 0 Å². The Labute approximate surface area is 145 Å². The number of carbonyl (C=O) groups is 2. The summed E-state index contributed by atoms with van der Waals surface area (Å²) in [5.74, 6) is 0.846. The van der Waals surface area contributed by atoms with E-state index in [4.69, 9.17) is 0 Å². The third-order valence-corrected chi connectivity index (χ3v) is 5.25. The maximum Gasteiger partial charge on any atom is 0.255 e. The topological polar surface area (TPSA) is 62.3 Å². The Kier molecular flexibility index (Phi) is 4.85. The third-order valence-electron chi connectivity index (χ3n) is 4.24. The molecule has 0 spiro atoms. The number of nitrogens with zero attached hydrogens (tertiary/aromatic N) is 2. The van der Waals surface area contributed by atoms with Crippen molar-refractivity contribution < 1.29 is 9.59 Å². The standard InChI is InChI=1S/C18H19N3O2S/c1-12-4-3-5-15(13(12)2)20-17(22)16-10-24-11-21(16)18(23)14-6-8-19-9-7-14/h3-9,16H,10-11H2,1-2H3,(H,20,22)/t16-/m0/s1. The maximum atomic E-state index is 12.7. The maximum absolute atomic E-state index is 12.7. The third kappa shape index (κ3) is 3.28. The summed E-state index contributed by atoms with van der Waals surface area (Å²) < 4.78 is 0. The molecule has 6 heteroatoms. The van der Waals surface area contributed by atoms with Gasteiger partial charge in [0.25, 0.3) is 5.91 Å². The second kappa shape index (κ2) is 7.05. The molecule has 2 heterocycles. The number of anilines is 1. The van der Waals surface area contributed by atoms with Crippen molar-refractivity contribution in [2.75, 3.05) is 16.9 Å². The van der Waals surface area contributed by atoms with Gasteiger partial charge in [0.05, 0.1) is 5.88 Å². The summed E-state index contributed by atoms with van der Waals surface area (Å²) in [5, 5.41) is 2.97. The minimum atomic E-state index is -0.462. The van der Waals surface area contributed by atoms with Crippen LogP contribution in [0.15, 0.2) is 42.7 Å². The first-order chi connectivity index (χ1) is 11.6. The predicted molar refractivity (Wildman–Crippen MR) is 96.1 cm³/mol. The van der Waals surface area contributed by atoms with Crippen molar-refractivity contribution >= 4 is 29.3 Å². The van der Waals surface area contributed by atoms with Crippen LogP contribution in [0.4, 0.5) is 5.69 Å². The van der Waals surface area contributed by atoms with E-state index < -0.39 is 6.04 Å². The van der Waals surface area contributed by atoms with E-state index in [-0.39, 0.29) is 11.8 Å². The van der Waals surface area contributed by atoms with Crippen LogP contribution in [-0.4, -0.2) is 39.4 Å². The molecule has 124 valence electrons. The smallest absolute Gasteiger partial charge is 0.255 e. The lowest BCUT2D eigenvalue weighted by Gasteiger charge is -2.23. The summed E-state index contributed by atoms with van der Waals surface area (Å²) in [6, 6.07) is 8.69. The van der Waals surface area contributed by atoms with Crippen LogP contribution in [0.5, 0.6) is 0 Å². The second-order valence-corrected chi connectivity index (χ2v) is 6.76. The number of aromatic nitrogens is 1. The number of nitrogens with one attached hydrogen (secondary N) is 1. The van der Waals surface area contributed by atoms with Crippen molar-refractivity contribution in [2.45, 2.75) is 19.9 Å². The number of hydrogen-bond donors (Lipinski definition) is 1. The summed E-state index contributed by atoms with van der Waals surface area (Å²) >= 11 is 1.59. The van der Waals surface area contributed by atoms with Crippen molar-refractivity contribution in [3.05, 3.63) is 59.4 Å². The van der Waals surface area contributed by atoms with E-state index in [9.17, 15) is 9.59 Å². The highest BCUT2D eigenvalue weighted by atomic mass is 32.2. The van der Waals surface area contributed by atoms with Crippen LogP contribution in [0.25, 0.3) is 0 Å². The zero-order chi connectivity index (χ0) is 17.1. The molecule has 0 saturated carbocycles. The molecule has 1 N–H and O–H groups in total. The summed E-state index contributed by atoms with van der Waals surface area (Å²) in [6.45, 7) is 3.99. The number of benzene rings is 1. The molecule has 1 aromatic heterocycles. The highest BCUT2D eigenvalue weighted by Gasteiger charge is 2.35. The van der Waals surface area contributed by atoms with Crippen LogP contribution in [0.1, 0.15) is 21.5 Å². The molecule has 24 heavy (non-hydrogen) atoms. The number of carbonyl (C=O) groups excluding carboxylic acids is 2.